The van der Waals surface area contributed by atoms with Crippen LogP contribution in [0.4, 0.5) is 0 Å². The normalized spacial score (nSPS) is 11.6. The summed E-state index contributed by atoms with van der Waals surface area (Å²) in [4.78, 5) is 0.319. The van der Waals surface area contributed by atoms with Gasteiger partial charge in [0, 0.05) is 17.6 Å². The Morgan fingerprint density at radius 3 is 2.18 bits per heavy atom. The maximum atomic E-state index is 11.6. The third-order valence-corrected chi connectivity index (χ3v) is 5.49. The van der Waals surface area contributed by atoms with Gasteiger partial charge < -0.3 is 0 Å². The molecule has 0 saturated heterocycles. The number of benzene rings is 2. The largest absolute Gasteiger partial charge is 0.295 e. The molecule has 0 bridgehead atoms. The van der Waals surface area contributed by atoms with E-state index in [9.17, 15) is 13.0 Å². The summed E-state index contributed by atoms with van der Waals surface area (Å²) in [6.07, 6.45) is 0. The molecule has 22 heavy (non-hydrogen) atoms. The Bertz CT molecular complexity index is 794. The number of rotatable bonds is 5. The summed E-state index contributed by atoms with van der Waals surface area (Å²) in [5, 5.41) is 11.9. The van der Waals surface area contributed by atoms with Crippen molar-refractivity contribution >= 4 is 67.3 Å². The van der Waals surface area contributed by atoms with E-state index in [-0.39, 0.29) is 4.90 Å². The summed E-state index contributed by atoms with van der Waals surface area (Å²) in [6, 6.07) is 9.90. The molecular weight excluding hydrogens is 558 g/mol. The summed E-state index contributed by atoms with van der Waals surface area (Å²) in [5.41, 5.74) is 0.842. The highest BCUT2D eigenvalue weighted by Crippen LogP contribution is 2.37. The van der Waals surface area contributed by atoms with Crippen LogP contribution < -0.4 is 0 Å². The molecule has 6 nitrogen and oxygen atoms in total. The second-order valence-corrected chi connectivity index (χ2v) is 8.61. The fourth-order valence-electron chi connectivity index (χ4n) is 1.77. The van der Waals surface area contributed by atoms with Crippen LogP contribution in [0.3, 0.4) is 0 Å². The molecule has 0 fully saturated rings. The van der Waals surface area contributed by atoms with Crippen LogP contribution in [0, 0.1) is 7.14 Å². The first kappa shape index (κ1) is 18.4. The van der Waals surface area contributed by atoms with E-state index < -0.39 is 10.1 Å². The van der Waals surface area contributed by atoms with Gasteiger partial charge in [0.25, 0.3) is 10.1 Å². The van der Waals surface area contributed by atoms with E-state index in [1.807, 2.05) is 22.6 Å². The van der Waals surface area contributed by atoms with Crippen molar-refractivity contribution in [1.82, 2.24) is 0 Å². The minimum atomic E-state index is -4.39. The number of hydrogen-bond donors (Lipinski definition) is 2. The van der Waals surface area contributed by atoms with E-state index in [1.165, 1.54) is 6.07 Å². The van der Waals surface area contributed by atoms with Crippen LogP contribution in [0.1, 0.15) is 0 Å². The van der Waals surface area contributed by atoms with E-state index >= 15 is 0 Å². The van der Waals surface area contributed by atoms with Crippen molar-refractivity contribution in [1.29, 1.82) is 0 Å². The quantitative estimate of drug-likeness (QED) is 0.184. The molecule has 0 saturated carbocycles. The molecule has 2 aromatic carbocycles. The van der Waals surface area contributed by atoms with Gasteiger partial charge in [-0.25, -0.2) is 5.26 Å². The summed E-state index contributed by atoms with van der Waals surface area (Å²) in [7, 11) is -4.39. The Morgan fingerprint density at radius 1 is 1.00 bits per heavy atom. The predicted octanol–water partition coefficient (Wildman–Crippen LogP) is 4.24. The average molecular weight is 566 g/mol. The molecule has 118 valence electrons. The summed E-state index contributed by atoms with van der Waals surface area (Å²) >= 11 is 4.77. The van der Waals surface area contributed by atoms with Crippen molar-refractivity contribution in [2.75, 3.05) is 0 Å². The SMILES string of the molecule is O=S(=O)(O)c1cc(I)ccc1-c1ccc(I)cc1SOOO. The second-order valence-electron chi connectivity index (χ2n) is 3.98. The Labute approximate surface area is 158 Å². The van der Waals surface area contributed by atoms with E-state index in [0.717, 1.165) is 15.6 Å². The molecule has 0 aliphatic rings. The van der Waals surface area contributed by atoms with Gasteiger partial charge in [0.1, 0.15) is 4.90 Å². The van der Waals surface area contributed by atoms with Gasteiger partial charge in [-0.3, -0.25) is 4.55 Å². The van der Waals surface area contributed by atoms with E-state index in [0.29, 0.717) is 19.6 Å². The molecule has 0 atom stereocenters. The van der Waals surface area contributed by atoms with E-state index in [4.69, 9.17) is 5.26 Å². The zero-order valence-corrected chi connectivity index (χ0v) is 16.5. The molecule has 0 radical (unpaired) electrons. The van der Waals surface area contributed by atoms with Crippen molar-refractivity contribution < 1.29 is 27.6 Å². The standard InChI is InChI=1S/C12H8I2O6S2/c13-7-1-3-9(11(5-7)21-20-19-15)10-4-2-8(14)6-12(10)22(16,17)18/h1-6,15H,(H,16,17,18). The lowest BCUT2D eigenvalue weighted by atomic mass is 10.1. The molecule has 0 unspecified atom stereocenters. The van der Waals surface area contributed by atoms with E-state index in [2.05, 4.69) is 32.0 Å². The molecule has 2 aromatic rings. The first-order valence-corrected chi connectivity index (χ1v) is 9.88. The first-order valence-electron chi connectivity index (χ1n) is 5.54. The Balaban J connectivity index is 2.66. The first-order chi connectivity index (χ1) is 10.3. The minimum Gasteiger partial charge on any atom is -0.282 e. The molecule has 10 heteroatoms. The third kappa shape index (κ3) is 4.53. The van der Waals surface area contributed by atoms with Gasteiger partial charge in [0.2, 0.25) is 0 Å². The Hall–Kier alpha value is 0.0400. The molecule has 0 aliphatic heterocycles. The summed E-state index contributed by atoms with van der Waals surface area (Å²) in [5.74, 6) is 0. The summed E-state index contributed by atoms with van der Waals surface area (Å²) in [6.45, 7) is 0. The highest BCUT2D eigenvalue weighted by molar-refractivity contribution is 14.1. The maximum absolute atomic E-state index is 11.6. The van der Waals surface area contributed by atoms with Crippen LogP contribution in [-0.2, 0) is 19.5 Å². The van der Waals surface area contributed by atoms with Crippen LogP contribution in [0.15, 0.2) is 46.2 Å². The predicted molar refractivity (Wildman–Crippen MR) is 97.8 cm³/mol. The van der Waals surface area contributed by atoms with Gasteiger partial charge in [0.15, 0.2) is 0 Å². The highest BCUT2D eigenvalue weighted by Gasteiger charge is 2.20. The van der Waals surface area contributed by atoms with Gasteiger partial charge in [-0.2, -0.15) is 8.42 Å². The zero-order valence-electron chi connectivity index (χ0n) is 10.6. The molecule has 0 aromatic heterocycles. The lowest BCUT2D eigenvalue weighted by Gasteiger charge is -2.12. The topological polar surface area (TPSA) is 93.1 Å². The molecule has 2 rings (SSSR count). The minimum absolute atomic E-state index is 0.202. The molecular formula is C12H8I2O6S2. The maximum Gasteiger partial charge on any atom is 0.295 e. The average Bonchev–Trinajstić information content (AvgIpc) is 2.44. The van der Waals surface area contributed by atoms with Crippen molar-refractivity contribution in [2.45, 2.75) is 9.79 Å². The van der Waals surface area contributed by atoms with Crippen molar-refractivity contribution in [3.05, 3.63) is 43.5 Å². The Kier molecular flexibility index (Phi) is 6.47. The lowest BCUT2D eigenvalue weighted by Crippen LogP contribution is -2.02. The Morgan fingerprint density at radius 2 is 1.59 bits per heavy atom. The smallest absolute Gasteiger partial charge is 0.282 e. The molecule has 0 spiro atoms. The lowest BCUT2D eigenvalue weighted by molar-refractivity contribution is -0.432. The van der Waals surface area contributed by atoms with Gasteiger partial charge in [-0.15, -0.1) is 4.33 Å². The van der Waals surface area contributed by atoms with Gasteiger partial charge in [-0.1, -0.05) is 17.2 Å². The second kappa shape index (κ2) is 7.74. The van der Waals surface area contributed by atoms with Crippen LogP contribution in [-0.4, -0.2) is 18.2 Å². The van der Waals surface area contributed by atoms with Gasteiger partial charge >= 0.3 is 0 Å². The van der Waals surface area contributed by atoms with Crippen molar-refractivity contribution in [3.8, 4) is 11.1 Å². The van der Waals surface area contributed by atoms with Crippen LogP contribution in [0.2, 0.25) is 0 Å². The van der Waals surface area contributed by atoms with Crippen molar-refractivity contribution in [3.63, 3.8) is 0 Å². The van der Waals surface area contributed by atoms with E-state index in [1.54, 1.807) is 30.3 Å². The third-order valence-electron chi connectivity index (χ3n) is 2.61. The van der Waals surface area contributed by atoms with Crippen LogP contribution in [0.5, 0.6) is 0 Å². The molecule has 0 heterocycles. The van der Waals surface area contributed by atoms with Crippen LogP contribution in [0.25, 0.3) is 11.1 Å². The number of hydrogen-bond acceptors (Lipinski definition) is 6. The summed E-state index contributed by atoms with van der Waals surface area (Å²) < 4.78 is 38.7. The van der Waals surface area contributed by atoms with Crippen molar-refractivity contribution in [2.24, 2.45) is 0 Å². The van der Waals surface area contributed by atoms with Gasteiger partial charge in [0.05, 0.1) is 12.0 Å². The molecule has 0 amide bonds. The number of halogens is 2. The fourth-order valence-corrected chi connectivity index (χ4v) is 4.46. The molecule has 0 aliphatic carbocycles. The highest BCUT2D eigenvalue weighted by atomic mass is 127. The molecule has 2 N–H and O–H groups in total. The zero-order chi connectivity index (χ0) is 16.3. The van der Waals surface area contributed by atoms with Gasteiger partial charge in [-0.05, 0) is 75.0 Å². The van der Waals surface area contributed by atoms with Crippen LogP contribution >= 0.6 is 57.2 Å². The monoisotopic (exact) mass is 566 g/mol. The fraction of sp³-hybridized carbons (Fsp3) is 0.